The van der Waals surface area contributed by atoms with E-state index < -0.39 is 22.1 Å². The van der Waals surface area contributed by atoms with Crippen LogP contribution in [0.3, 0.4) is 0 Å². The normalized spacial score (nSPS) is 13.5. The molecule has 9 heteroatoms. The van der Waals surface area contributed by atoms with Gasteiger partial charge in [0, 0.05) is 6.54 Å². The van der Waals surface area contributed by atoms with Crippen molar-refractivity contribution in [1.29, 1.82) is 0 Å². The van der Waals surface area contributed by atoms with Crippen LogP contribution in [0.2, 0.25) is 4.34 Å². The third-order valence-electron chi connectivity index (χ3n) is 1.81. The summed E-state index contributed by atoms with van der Waals surface area (Å²) in [6.45, 7) is -0.161. The Morgan fingerprint density at radius 1 is 1.53 bits per heavy atom. The van der Waals surface area contributed by atoms with Crippen LogP contribution in [-0.4, -0.2) is 37.2 Å². The highest BCUT2D eigenvalue weighted by molar-refractivity contribution is 7.91. The van der Waals surface area contributed by atoms with Crippen LogP contribution in [0.25, 0.3) is 0 Å². The van der Waals surface area contributed by atoms with E-state index in [0.717, 1.165) is 11.3 Å². The summed E-state index contributed by atoms with van der Waals surface area (Å²) in [5.41, 5.74) is 0. The molecule has 17 heavy (non-hydrogen) atoms. The van der Waals surface area contributed by atoms with Gasteiger partial charge in [0.1, 0.15) is 4.21 Å². The number of aliphatic hydroxyl groups is 1. The molecule has 0 saturated heterocycles. The lowest BCUT2D eigenvalue weighted by molar-refractivity contribution is -0.146. The molecule has 0 amide bonds. The minimum Gasteiger partial charge on any atom is -0.479 e. The third-order valence-corrected chi connectivity index (χ3v) is 4.99. The fourth-order valence-corrected chi connectivity index (χ4v) is 3.54. The SMILES string of the molecule is O=C(O)[C@@H](O)CCNS(=O)(=O)c1ccc(Cl)s1. The van der Waals surface area contributed by atoms with Crippen molar-refractivity contribution >= 4 is 38.9 Å². The number of rotatable bonds is 6. The second-order valence-corrected chi connectivity index (χ2v) is 6.81. The summed E-state index contributed by atoms with van der Waals surface area (Å²) in [6, 6.07) is 2.80. The van der Waals surface area contributed by atoms with E-state index in [1.807, 2.05) is 0 Å². The molecule has 0 aliphatic rings. The van der Waals surface area contributed by atoms with Crippen LogP contribution in [0.5, 0.6) is 0 Å². The lowest BCUT2D eigenvalue weighted by atomic mass is 10.3. The van der Waals surface area contributed by atoms with Gasteiger partial charge in [0.25, 0.3) is 0 Å². The zero-order chi connectivity index (χ0) is 13.1. The Labute approximate surface area is 107 Å². The fraction of sp³-hybridized carbons (Fsp3) is 0.375. The van der Waals surface area contributed by atoms with Crippen LogP contribution < -0.4 is 4.72 Å². The van der Waals surface area contributed by atoms with Gasteiger partial charge in [-0.2, -0.15) is 0 Å². The van der Waals surface area contributed by atoms with Crippen molar-refractivity contribution in [3.63, 3.8) is 0 Å². The summed E-state index contributed by atoms with van der Waals surface area (Å²) in [5, 5.41) is 17.3. The molecule has 1 aromatic heterocycles. The molecule has 3 N–H and O–H groups in total. The van der Waals surface area contributed by atoms with E-state index in [2.05, 4.69) is 4.72 Å². The van der Waals surface area contributed by atoms with Crippen LogP contribution in [0.1, 0.15) is 6.42 Å². The Hall–Kier alpha value is -0.670. The molecule has 0 aliphatic heterocycles. The van der Waals surface area contributed by atoms with Crippen molar-refractivity contribution in [1.82, 2.24) is 4.72 Å². The second kappa shape index (κ2) is 5.78. The first-order valence-corrected chi connectivity index (χ1v) is 7.16. The van der Waals surface area contributed by atoms with Gasteiger partial charge >= 0.3 is 5.97 Å². The molecule has 1 aromatic rings. The molecule has 0 bridgehead atoms. The Morgan fingerprint density at radius 2 is 2.18 bits per heavy atom. The molecule has 0 aliphatic carbocycles. The number of nitrogens with one attached hydrogen (secondary N) is 1. The largest absolute Gasteiger partial charge is 0.479 e. The number of sulfonamides is 1. The molecule has 0 unspecified atom stereocenters. The topological polar surface area (TPSA) is 104 Å². The molecule has 0 fully saturated rings. The highest BCUT2D eigenvalue weighted by atomic mass is 35.5. The molecule has 6 nitrogen and oxygen atoms in total. The van der Waals surface area contributed by atoms with E-state index >= 15 is 0 Å². The third kappa shape index (κ3) is 4.25. The predicted octanol–water partition coefficient (Wildman–Crippen LogP) is 0.515. The van der Waals surface area contributed by atoms with Crippen molar-refractivity contribution in [2.45, 2.75) is 16.7 Å². The first-order valence-electron chi connectivity index (χ1n) is 4.49. The van der Waals surface area contributed by atoms with Gasteiger partial charge in [-0.25, -0.2) is 17.9 Å². The lowest BCUT2D eigenvalue weighted by Gasteiger charge is -2.06. The van der Waals surface area contributed by atoms with Crippen molar-refractivity contribution in [2.24, 2.45) is 0 Å². The maximum absolute atomic E-state index is 11.6. The minimum absolute atomic E-state index is 0.0484. The molecule has 1 atom stereocenters. The van der Waals surface area contributed by atoms with E-state index in [1.54, 1.807) is 0 Å². The predicted molar refractivity (Wildman–Crippen MR) is 62.8 cm³/mol. The first-order chi connectivity index (χ1) is 7.83. The maximum atomic E-state index is 11.6. The van der Waals surface area contributed by atoms with Gasteiger partial charge in [0.15, 0.2) is 6.10 Å². The second-order valence-electron chi connectivity index (χ2n) is 3.10. The van der Waals surface area contributed by atoms with Gasteiger partial charge in [0.05, 0.1) is 4.34 Å². The number of halogens is 1. The van der Waals surface area contributed by atoms with E-state index in [9.17, 15) is 13.2 Å². The van der Waals surface area contributed by atoms with Crippen LogP contribution in [-0.2, 0) is 14.8 Å². The molecule has 0 aromatic carbocycles. The summed E-state index contributed by atoms with van der Waals surface area (Å²) >= 11 is 6.50. The molecular formula is C8H10ClNO5S2. The summed E-state index contributed by atoms with van der Waals surface area (Å²) < 4.78 is 25.8. The average molecular weight is 300 g/mol. The van der Waals surface area contributed by atoms with Crippen LogP contribution in [0.15, 0.2) is 16.3 Å². The highest BCUT2D eigenvalue weighted by Gasteiger charge is 2.18. The molecule has 0 saturated carbocycles. The van der Waals surface area contributed by atoms with Crippen LogP contribution >= 0.6 is 22.9 Å². The van der Waals surface area contributed by atoms with Gasteiger partial charge in [-0.3, -0.25) is 0 Å². The van der Waals surface area contributed by atoms with Crippen LogP contribution in [0.4, 0.5) is 0 Å². The summed E-state index contributed by atoms with van der Waals surface area (Å²) in [7, 11) is -3.68. The molecular weight excluding hydrogens is 290 g/mol. The fourth-order valence-electron chi connectivity index (χ4n) is 0.967. The Kier molecular flexibility index (Phi) is 4.90. The quantitative estimate of drug-likeness (QED) is 0.710. The van der Waals surface area contributed by atoms with Crippen LogP contribution in [0, 0.1) is 0 Å². The summed E-state index contributed by atoms with van der Waals surface area (Å²) in [5.74, 6) is -1.39. The van der Waals surface area contributed by atoms with Crippen molar-refractivity contribution in [2.75, 3.05) is 6.54 Å². The van der Waals surface area contributed by atoms with Crippen molar-refractivity contribution in [3.05, 3.63) is 16.5 Å². The zero-order valence-electron chi connectivity index (χ0n) is 8.46. The monoisotopic (exact) mass is 299 g/mol. The molecule has 1 heterocycles. The molecule has 96 valence electrons. The number of aliphatic carboxylic acids is 1. The Morgan fingerprint density at radius 3 is 2.65 bits per heavy atom. The maximum Gasteiger partial charge on any atom is 0.332 e. The average Bonchev–Trinajstić information content (AvgIpc) is 2.65. The Bertz CT molecular complexity index is 498. The molecule has 0 radical (unpaired) electrons. The van der Waals surface area contributed by atoms with Gasteiger partial charge in [-0.1, -0.05) is 11.6 Å². The van der Waals surface area contributed by atoms with E-state index in [-0.39, 0.29) is 17.2 Å². The van der Waals surface area contributed by atoms with Crippen molar-refractivity contribution < 1.29 is 23.4 Å². The van der Waals surface area contributed by atoms with Gasteiger partial charge < -0.3 is 10.2 Å². The number of aliphatic hydroxyl groups excluding tert-OH is 1. The number of carbonyl (C=O) groups is 1. The number of hydrogen-bond donors (Lipinski definition) is 3. The Balaban J connectivity index is 2.54. The van der Waals surface area contributed by atoms with Crippen molar-refractivity contribution in [3.8, 4) is 0 Å². The number of carboxylic acids is 1. The first kappa shape index (κ1) is 14.4. The van der Waals surface area contributed by atoms with E-state index in [0.29, 0.717) is 4.34 Å². The van der Waals surface area contributed by atoms with Gasteiger partial charge in [-0.05, 0) is 18.6 Å². The zero-order valence-corrected chi connectivity index (χ0v) is 10.8. The van der Waals surface area contributed by atoms with Gasteiger partial charge in [0.2, 0.25) is 10.0 Å². The minimum atomic E-state index is -3.68. The smallest absolute Gasteiger partial charge is 0.332 e. The summed E-state index contributed by atoms with van der Waals surface area (Å²) in [6.07, 6.45) is -1.78. The highest BCUT2D eigenvalue weighted by Crippen LogP contribution is 2.25. The molecule has 1 rings (SSSR count). The number of thiophene rings is 1. The molecule has 0 spiro atoms. The standard InChI is InChI=1S/C8H10ClNO5S2/c9-6-1-2-7(16-6)17(14,15)10-4-3-5(11)8(12)13/h1-2,5,10-11H,3-4H2,(H,12,13)/t5-/m0/s1. The lowest BCUT2D eigenvalue weighted by Crippen LogP contribution is -2.29. The van der Waals surface area contributed by atoms with E-state index in [4.69, 9.17) is 21.8 Å². The number of carboxylic acid groups (broad SMARTS) is 1. The summed E-state index contributed by atoms with van der Waals surface area (Å²) in [4.78, 5) is 10.3. The van der Waals surface area contributed by atoms with Gasteiger partial charge in [-0.15, -0.1) is 11.3 Å². The number of hydrogen-bond acceptors (Lipinski definition) is 5. The van der Waals surface area contributed by atoms with E-state index in [1.165, 1.54) is 12.1 Å².